The average Bonchev–Trinajstić information content (AvgIpc) is 4.05. The number of nitro groups is 2. The fraction of sp³-hybridized carbons (Fsp3) is 0.341. The zero-order chi connectivity index (χ0) is 43.6. The van der Waals surface area contributed by atoms with Crippen molar-refractivity contribution in [2.45, 2.75) is 38.9 Å². The van der Waals surface area contributed by atoms with Gasteiger partial charge in [0.1, 0.15) is 5.84 Å². The second-order valence-electron chi connectivity index (χ2n) is 14.6. The summed E-state index contributed by atoms with van der Waals surface area (Å²) in [5.74, 6) is 1.17. The quantitative estimate of drug-likeness (QED) is 0.0340. The number of fused-ring (bicyclic) bond motifs is 3. The summed E-state index contributed by atoms with van der Waals surface area (Å²) in [6.45, 7) is 4.77. The lowest BCUT2D eigenvalue weighted by atomic mass is 10.2. The van der Waals surface area contributed by atoms with Crippen molar-refractivity contribution in [2.75, 3.05) is 61.3 Å². The molecule has 0 aliphatic heterocycles. The number of aliphatic imine (C=N–C) groups is 1. The van der Waals surface area contributed by atoms with Crippen LogP contribution in [0.25, 0.3) is 32.7 Å². The van der Waals surface area contributed by atoms with Crippen molar-refractivity contribution in [2.24, 2.45) is 10.7 Å². The van der Waals surface area contributed by atoms with Crippen molar-refractivity contribution >= 4 is 78.5 Å². The molecule has 0 saturated heterocycles. The molecule has 14 nitrogen and oxygen atoms in total. The lowest BCUT2D eigenvalue weighted by Gasteiger charge is -2.10. The highest BCUT2D eigenvalue weighted by molar-refractivity contribution is 7.12. The van der Waals surface area contributed by atoms with E-state index >= 15 is 0 Å². The van der Waals surface area contributed by atoms with Crippen LogP contribution in [-0.4, -0.2) is 100 Å². The number of aromatic nitrogens is 3. The number of hydrogen-bond acceptors (Lipinski definition) is 9. The van der Waals surface area contributed by atoms with Gasteiger partial charge in [-0.2, -0.15) is 0 Å². The summed E-state index contributed by atoms with van der Waals surface area (Å²) in [6.07, 6.45) is 9.08. The molecule has 0 radical (unpaired) electrons. The van der Waals surface area contributed by atoms with E-state index in [2.05, 4.69) is 67.7 Å². The molecule has 16 heteroatoms. The molecule has 7 aromatic rings. The van der Waals surface area contributed by atoms with Crippen LogP contribution in [0.2, 0.25) is 0 Å². The first kappa shape index (κ1) is 47.1. The maximum atomic E-state index is 10.8. The fourth-order valence-electron chi connectivity index (χ4n) is 6.36. The molecule has 4 heterocycles. The number of rotatable bonds is 15. The first-order valence-electron chi connectivity index (χ1n) is 19.7. The highest BCUT2D eigenvalue weighted by Crippen LogP contribution is 2.25. The van der Waals surface area contributed by atoms with Gasteiger partial charge in [0.2, 0.25) is 0 Å². The minimum atomic E-state index is -0.377. The number of alkyl halides is 1. The van der Waals surface area contributed by atoms with E-state index < -0.39 is 0 Å². The summed E-state index contributed by atoms with van der Waals surface area (Å²) in [5.41, 5.74) is 10.3. The minimum Gasteiger partial charge on any atom is -0.383 e. The van der Waals surface area contributed by atoms with Crippen LogP contribution in [0.5, 0.6) is 0 Å². The van der Waals surface area contributed by atoms with Crippen LogP contribution in [-0.2, 0) is 19.6 Å². The van der Waals surface area contributed by atoms with E-state index in [1.165, 1.54) is 17.0 Å². The van der Waals surface area contributed by atoms with Gasteiger partial charge < -0.3 is 34.6 Å². The van der Waals surface area contributed by atoms with Crippen molar-refractivity contribution in [1.29, 1.82) is 0 Å². The molecule has 0 bridgehead atoms. The van der Waals surface area contributed by atoms with Crippen molar-refractivity contribution in [3.05, 3.63) is 134 Å². The number of benzene rings is 3. The summed E-state index contributed by atoms with van der Waals surface area (Å²) >= 11 is 7.24. The monoisotopic (exact) mass is 856 g/mol. The zero-order valence-electron chi connectivity index (χ0n) is 35.3. The van der Waals surface area contributed by atoms with Gasteiger partial charge in [0, 0.05) is 79.1 Å². The molecule has 3 N–H and O–H groups in total. The molecule has 0 amide bonds. The molecule has 320 valence electrons. The lowest BCUT2D eigenvalue weighted by molar-refractivity contribution is -0.384. The Morgan fingerprint density at radius 2 is 1.13 bits per heavy atom. The van der Waals surface area contributed by atoms with Gasteiger partial charge >= 0.3 is 0 Å². The van der Waals surface area contributed by atoms with Gasteiger partial charge in [-0.15, -0.1) is 22.9 Å². The molecule has 60 heavy (non-hydrogen) atoms. The topological polar surface area (TPSA) is 158 Å². The summed E-state index contributed by atoms with van der Waals surface area (Å²) in [5, 5.41) is 29.5. The molecule has 0 aliphatic rings. The molecule has 3 aromatic carbocycles. The van der Waals surface area contributed by atoms with Crippen LogP contribution in [0.3, 0.4) is 0 Å². The second kappa shape index (κ2) is 23.9. The van der Waals surface area contributed by atoms with E-state index in [9.17, 15) is 20.2 Å². The van der Waals surface area contributed by atoms with Crippen LogP contribution in [0.1, 0.15) is 24.1 Å². The molecule has 4 aromatic heterocycles. The fourth-order valence-corrected chi connectivity index (χ4v) is 7.11. The Morgan fingerprint density at radius 3 is 1.53 bits per heavy atom. The van der Waals surface area contributed by atoms with E-state index in [-0.39, 0.29) is 21.2 Å². The van der Waals surface area contributed by atoms with Crippen molar-refractivity contribution < 1.29 is 9.85 Å². The highest BCUT2D eigenvalue weighted by atomic mass is 35.5. The average molecular weight is 858 g/mol. The maximum absolute atomic E-state index is 10.8. The predicted molar refractivity (Wildman–Crippen MR) is 250 cm³/mol. The number of nitro benzene ring substituents is 2. The van der Waals surface area contributed by atoms with Crippen LogP contribution >= 0.6 is 22.9 Å². The SMILES string of the molecule is CN(C)CCCn1ccc2ccc(N=C(N)c3cccs3)cc21.CN(C)CCCn1ccc2ccc([N+](=O)[O-])cc21.CNC.O=[N+]([O-])c1ccc2ccn(CCCCl)c2c1. The van der Waals surface area contributed by atoms with E-state index in [0.29, 0.717) is 11.7 Å². The summed E-state index contributed by atoms with van der Waals surface area (Å²) in [6, 6.07) is 26.2. The molecule has 7 rings (SSSR count). The maximum Gasteiger partial charge on any atom is 0.271 e. The van der Waals surface area contributed by atoms with Crippen LogP contribution < -0.4 is 11.1 Å². The molecule has 0 saturated carbocycles. The number of hydrogen-bond donors (Lipinski definition) is 2. The smallest absolute Gasteiger partial charge is 0.271 e. The van der Waals surface area contributed by atoms with Gasteiger partial charge in [0.05, 0.1) is 37.0 Å². The number of aryl methyl sites for hydroxylation is 3. The molecule has 0 unspecified atom stereocenters. The number of amidine groups is 1. The number of non-ortho nitro benzene ring substituents is 2. The minimum absolute atomic E-state index is 0.123. The Morgan fingerprint density at radius 1 is 0.700 bits per heavy atom. The van der Waals surface area contributed by atoms with E-state index in [1.54, 1.807) is 41.7 Å². The number of nitrogens with one attached hydrogen (secondary N) is 1. The predicted octanol–water partition coefficient (Wildman–Crippen LogP) is 9.21. The second-order valence-corrected chi connectivity index (χ2v) is 15.9. The molecular weight excluding hydrogens is 800 g/mol. The largest absolute Gasteiger partial charge is 0.383 e. The summed E-state index contributed by atoms with van der Waals surface area (Å²) in [4.78, 5) is 30.6. The van der Waals surface area contributed by atoms with Gasteiger partial charge in [-0.05, 0) is 134 Å². The molecule has 0 atom stereocenters. The Bertz CT molecular complexity index is 2440. The Kier molecular flexibility index (Phi) is 18.7. The van der Waals surface area contributed by atoms with E-state index in [4.69, 9.17) is 17.3 Å². The Hall–Kier alpha value is -5.58. The molecule has 0 spiro atoms. The van der Waals surface area contributed by atoms with Gasteiger partial charge in [0.15, 0.2) is 0 Å². The Balaban J connectivity index is 0.000000195. The van der Waals surface area contributed by atoms with Crippen molar-refractivity contribution in [3.63, 3.8) is 0 Å². The molecule has 0 aliphatic carbocycles. The number of nitrogens with two attached hydrogens (primary N) is 1. The third-order valence-electron chi connectivity index (χ3n) is 9.26. The number of halogens is 1. The van der Waals surface area contributed by atoms with E-state index in [0.717, 1.165) is 84.4 Å². The third kappa shape index (κ3) is 14.0. The van der Waals surface area contributed by atoms with Gasteiger partial charge in [-0.25, -0.2) is 4.99 Å². The van der Waals surface area contributed by atoms with Crippen LogP contribution in [0, 0.1) is 20.2 Å². The van der Waals surface area contributed by atoms with E-state index in [1.807, 2.05) is 80.9 Å². The number of thiophene rings is 1. The summed E-state index contributed by atoms with van der Waals surface area (Å²) in [7, 11) is 12.0. The van der Waals surface area contributed by atoms with Crippen LogP contribution in [0.15, 0.2) is 114 Å². The van der Waals surface area contributed by atoms with Crippen molar-refractivity contribution in [3.8, 4) is 0 Å². The Labute approximate surface area is 360 Å². The first-order valence-corrected chi connectivity index (χ1v) is 21.1. The molecular formula is C44H57ClN10O4S. The number of nitrogens with zero attached hydrogens (tertiary/aromatic N) is 8. The highest BCUT2D eigenvalue weighted by Gasteiger charge is 2.10. The standard InChI is InChI=1S/C18H22N4S.C13H17N3O2.C11H11ClN2O2.C2H7N/c1-21(2)9-4-10-22-11-8-14-6-7-15(13-16(14)22)20-18(19)17-5-3-12-23-17;1-14(2)7-3-8-15-9-6-11-4-5-12(16(17)18)10-13(11)15;12-5-1-6-13-7-4-9-2-3-10(14(15)16)8-11(9)13;1-3-2/h3,5-8,11-13H,4,9-10H2,1-2H3,(H2,19,20);4-6,9-10H,3,7-8H2,1-2H3;2-4,7-8H,1,5-6H2;3H,1-2H3. The zero-order valence-corrected chi connectivity index (χ0v) is 36.9. The van der Waals surface area contributed by atoms with Gasteiger partial charge in [-0.1, -0.05) is 12.1 Å². The van der Waals surface area contributed by atoms with Crippen molar-refractivity contribution in [1.82, 2.24) is 28.8 Å². The summed E-state index contributed by atoms with van der Waals surface area (Å²) < 4.78 is 6.36. The molecule has 0 fully saturated rings. The van der Waals surface area contributed by atoms with Gasteiger partial charge in [0.25, 0.3) is 11.4 Å². The first-order chi connectivity index (χ1) is 28.8. The normalized spacial score (nSPS) is 11.3. The van der Waals surface area contributed by atoms with Crippen LogP contribution in [0.4, 0.5) is 17.1 Å². The lowest BCUT2D eigenvalue weighted by Crippen LogP contribution is -2.14. The van der Waals surface area contributed by atoms with Gasteiger partial charge in [-0.3, -0.25) is 20.2 Å². The third-order valence-corrected chi connectivity index (χ3v) is 10.4.